The van der Waals surface area contributed by atoms with Gasteiger partial charge in [0.2, 0.25) is 15.9 Å². The van der Waals surface area contributed by atoms with Crippen LogP contribution in [0.5, 0.6) is 11.5 Å². The van der Waals surface area contributed by atoms with E-state index in [9.17, 15) is 13.2 Å². The van der Waals surface area contributed by atoms with Crippen molar-refractivity contribution in [2.75, 3.05) is 22.4 Å². The molecule has 0 unspecified atom stereocenters. The second kappa shape index (κ2) is 9.00. The molecule has 0 radical (unpaired) electrons. The molecule has 0 heterocycles. The molecule has 3 aromatic rings. The number of ether oxygens (including phenoxy) is 1. The van der Waals surface area contributed by atoms with E-state index in [1.54, 1.807) is 30.3 Å². The van der Waals surface area contributed by atoms with Gasteiger partial charge in [0, 0.05) is 5.69 Å². The van der Waals surface area contributed by atoms with E-state index < -0.39 is 15.9 Å². The van der Waals surface area contributed by atoms with Crippen LogP contribution < -0.4 is 14.4 Å². The first-order chi connectivity index (χ1) is 14.2. The van der Waals surface area contributed by atoms with Gasteiger partial charge in [0.05, 0.1) is 11.9 Å². The van der Waals surface area contributed by atoms with Crippen LogP contribution in [0.3, 0.4) is 0 Å². The first kappa shape index (κ1) is 21.4. The Hall–Kier alpha value is -3.32. The lowest BCUT2D eigenvalue weighted by Gasteiger charge is -2.22. The Kier molecular flexibility index (Phi) is 6.42. The van der Waals surface area contributed by atoms with Crippen LogP contribution in [0.1, 0.15) is 11.1 Å². The van der Waals surface area contributed by atoms with Crippen molar-refractivity contribution in [2.45, 2.75) is 13.8 Å². The van der Waals surface area contributed by atoms with E-state index in [1.165, 1.54) is 0 Å². The zero-order valence-electron chi connectivity index (χ0n) is 17.1. The lowest BCUT2D eigenvalue weighted by atomic mass is 10.1. The van der Waals surface area contributed by atoms with E-state index in [0.717, 1.165) is 21.7 Å². The second-order valence-corrected chi connectivity index (χ2v) is 8.88. The van der Waals surface area contributed by atoms with Gasteiger partial charge in [-0.1, -0.05) is 30.3 Å². The van der Waals surface area contributed by atoms with Gasteiger partial charge in [0.1, 0.15) is 18.0 Å². The number of rotatable bonds is 7. The van der Waals surface area contributed by atoms with Crippen LogP contribution in [-0.2, 0) is 14.8 Å². The summed E-state index contributed by atoms with van der Waals surface area (Å²) in [6.45, 7) is 3.53. The molecule has 0 aliphatic heterocycles. The number of para-hydroxylation sites is 1. The fourth-order valence-corrected chi connectivity index (χ4v) is 3.77. The van der Waals surface area contributed by atoms with Crippen LogP contribution in [0.2, 0.25) is 0 Å². The molecule has 6 nitrogen and oxygen atoms in total. The summed E-state index contributed by atoms with van der Waals surface area (Å²) in [7, 11) is -3.66. The highest BCUT2D eigenvalue weighted by Gasteiger charge is 2.21. The number of aryl methyl sites for hydroxylation is 1. The van der Waals surface area contributed by atoms with Crippen molar-refractivity contribution in [3.63, 3.8) is 0 Å². The lowest BCUT2D eigenvalue weighted by molar-refractivity contribution is -0.114. The number of hydrogen-bond donors (Lipinski definition) is 1. The largest absolute Gasteiger partial charge is 0.457 e. The highest BCUT2D eigenvalue weighted by molar-refractivity contribution is 7.92. The topological polar surface area (TPSA) is 75.7 Å². The molecule has 0 saturated heterocycles. The summed E-state index contributed by atoms with van der Waals surface area (Å²) in [4.78, 5) is 12.6. The summed E-state index contributed by atoms with van der Waals surface area (Å²) >= 11 is 0. The van der Waals surface area contributed by atoms with E-state index in [2.05, 4.69) is 5.32 Å². The lowest BCUT2D eigenvalue weighted by Crippen LogP contribution is -2.37. The van der Waals surface area contributed by atoms with E-state index in [1.807, 2.05) is 56.3 Å². The number of nitrogens with one attached hydrogen (secondary N) is 1. The van der Waals surface area contributed by atoms with Gasteiger partial charge in [-0.05, 0) is 67.4 Å². The number of benzene rings is 3. The summed E-state index contributed by atoms with van der Waals surface area (Å²) in [5, 5.41) is 2.80. The van der Waals surface area contributed by atoms with Gasteiger partial charge in [-0.25, -0.2) is 8.42 Å². The van der Waals surface area contributed by atoms with Gasteiger partial charge in [-0.2, -0.15) is 0 Å². The average molecular weight is 425 g/mol. The third-order valence-electron chi connectivity index (χ3n) is 4.67. The van der Waals surface area contributed by atoms with Gasteiger partial charge >= 0.3 is 0 Å². The molecular formula is C23H24N2O4S. The van der Waals surface area contributed by atoms with Crippen molar-refractivity contribution in [3.8, 4) is 11.5 Å². The summed E-state index contributed by atoms with van der Waals surface area (Å²) in [5.41, 5.74) is 3.04. The predicted octanol–water partition coefficient (Wildman–Crippen LogP) is 4.50. The van der Waals surface area contributed by atoms with Crippen LogP contribution >= 0.6 is 0 Å². The molecule has 0 aliphatic rings. The van der Waals surface area contributed by atoms with Crippen molar-refractivity contribution in [3.05, 3.63) is 83.9 Å². The van der Waals surface area contributed by atoms with Crippen molar-refractivity contribution in [1.82, 2.24) is 0 Å². The van der Waals surface area contributed by atoms with Crippen LogP contribution in [0.4, 0.5) is 11.4 Å². The Balaban J connectivity index is 1.76. The van der Waals surface area contributed by atoms with Crippen molar-refractivity contribution in [2.24, 2.45) is 0 Å². The van der Waals surface area contributed by atoms with Gasteiger partial charge in [-0.15, -0.1) is 0 Å². The predicted molar refractivity (Wildman–Crippen MR) is 120 cm³/mol. The first-order valence-corrected chi connectivity index (χ1v) is 11.3. The smallest absolute Gasteiger partial charge is 0.245 e. The first-order valence-electron chi connectivity index (χ1n) is 9.41. The maximum absolute atomic E-state index is 12.6. The normalized spacial score (nSPS) is 11.0. The minimum Gasteiger partial charge on any atom is -0.457 e. The fourth-order valence-electron chi connectivity index (χ4n) is 2.91. The summed E-state index contributed by atoms with van der Waals surface area (Å²) in [6, 6.07) is 21.4. The van der Waals surface area contributed by atoms with Gasteiger partial charge in [-0.3, -0.25) is 9.10 Å². The summed E-state index contributed by atoms with van der Waals surface area (Å²) < 4.78 is 31.5. The highest BCUT2D eigenvalue weighted by atomic mass is 32.2. The minimum atomic E-state index is -3.66. The SMILES string of the molecule is Cc1cccc(NC(=O)CN(c2ccc(Oc3ccccc3)cc2)S(C)(=O)=O)c1C. The van der Waals surface area contributed by atoms with E-state index in [0.29, 0.717) is 22.9 Å². The number of amides is 1. The molecule has 7 heteroatoms. The van der Waals surface area contributed by atoms with Gasteiger partial charge in [0.25, 0.3) is 0 Å². The van der Waals surface area contributed by atoms with Gasteiger partial charge < -0.3 is 10.1 Å². The number of anilines is 2. The third-order valence-corrected chi connectivity index (χ3v) is 5.81. The molecule has 0 atom stereocenters. The fraction of sp³-hybridized carbons (Fsp3) is 0.174. The maximum Gasteiger partial charge on any atom is 0.245 e. The van der Waals surface area contributed by atoms with Gasteiger partial charge in [0.15, 0.2) is 0 Å². The molecule has 0 fully saturated rings. The zero-order valence-corrected chi connectivity index (χ0v) is 17.9. The number of carbonyl (C=O) groups excluding carboxylic acids is 1. The Labute approximate surface area is 177 Å². The van der Waals surface area contributed by atoms with Crippen LogP contribution in [0, 0.1) is 13.8 Å². The zero-order chi connectivity index (χ0) is 21.7. The molecule has 0 aliphatic carbocycles. The Morgan fingerprint density at radius 1 is 0.900 bits per heavy atom. The number of carbonyl (C=O) groups is 1. The number of hydrogen-bond acceptors (Lipinski definition) is 4. The minimum absolute atomic E-state index is 0.328. The molecule has 0 bridgehead atoms. The van der Waals surface area contributed by atoms with Crippen molar-refractivity contribution < 1.29 is 17.9 Å². The maximum atomic E-state index is 12.6. The standard InChI is InChI=1S/C23H24N2O4S/c1-17-8-7-11-22(18(17)2)24-23(26)16-25(30(3,27)28)19-12-14-21(15-13-19)29-20-9-5-4-6-10-20/h4-15H,16H2,1-3H3,(H,24,26). The summed E-state index contributed by atoms with van der Waals surface area (Å²) in [5.74, 6) is 0.829. The molecule has 0 spiro atoms. The molecule has 1 amide bonds. The van der Waals surface area contributed by atoms with E-state index in [-0.39, 0.29) is 6.54 Å². The number of sulfonamides is 1. The monoisotopic (exact) mass is 424 g/mol. The third kappa shape index (κ3) is 5.39. The molecular weight excluding hydrogens is 400 g/mol. The molecule has 1 N–H and O–H groups in total. The highest BCUT2D eigenvalue weighted by Crippen LogP contribution is 2.26. The van der Waals surface area contributed by atoms with Crippen molar-refractivity contribution >= 4 is 27.3 Å². The Bertz CT molecular complexity index is 1130. The molecule has 156 valence electrons. The molecule has 3 aromatic carbocycles. The summed E-state index contributed by atoms with van der Waals surface area (Å²) in [6.07, 6.45) is 1.08. The van der Waals surface area contributed by atoms with Crippen LogP contribution in [0.15, 0.2) is 72.8 Å². The van der Waals surface area contributed by atoms with E-state index >= 15 is 0 Å². The second-order valence-electron chi connectivity index (χ2n) is 6.97. The molecule has 3 rings (SSSR count). The van der Waals surface area contributed by atoms with Crippen LogP contribution in [0.25, 0.3) is 0 Å². The number of nitrogens with zero attached hydrogens (tertiary/aromatic N) is 1. The van der Waals surface area contributed by atoms with Crippen LogP contribution in [-0.4, -0.2) is 27.1 Å². The van der Waals surface area contributed by atoms with E-state index in [4.69, 9.17) is 4.74 Å². The average Bonchev–Trinajstić information content (AvgIpc) is 2.70. The quantitative estimate of drug-likeness (QED) is 0.606. The molecule has 0 saturated carbocycles. The Morgan fingerprint density at radius 3 is 2.17 bits per heavy atom. The van der Waals surface area contributed by atoms with Crippen molar-refractivity contribution in [1.29, 1.82) is 0 Å². The molecule has 0 aromatic heterocycles. The Morgan fingerprint density at radius 2 is 1.53 bits per heavy atom. The molecule has 30 heavy (non-hydrogen) atoms.